The minimum absolute atomic E-state index is 0.0262. The molecule has 10 heteroatoms. The van der Waals surface area contributed by atoms with Crippen molar-refractivity contribution in [3.63, 3.8) is 0 Å². The van der Waals surface area contributed by atoms with Gasteiger partial charge in [-0.05, 0) is 12.1 Å². The van der Waals surface area contributed by atoms with Gasteiger partial charge in [-0.3, -0.25) is 20.2 Å². The normalized spacial score (nSPS) is 10.8. The van der Waals surface area contributed by atoms with Crippen LogP contribution in [-0.4, -0.2) is 15.8 Å². The maximum absolute atomic E-state index is 12.1. The average Bonchev–Trinajstić information content (AvgIpc) is 2.99. The van der Waals surface area contributed by atoms with E-state index in [1.807, 2.05) is 0 Å². The Morgan fingerprint density at radius 3 is 2.68 bits per heavy atom. The number of anilines is 1. The molecule has 0 fully saturated rings. The molecular formula is C12H5Cl2N3O3S2. The van der Waals surface area contributed by atoms with Gasteiger partial charge >= 0.3 is 0 Å². The van der Waals surface area contributed by atoms with Crippen LogP contribution in [0.5, 0.6) is 0 Å². The second-order valence-electron chi connectivity index (χ2n) is 4.12. The Hall–Kier alpha value is -1.74. The molecule has 2 heterocycles. The van der Waals surface area contributed by atoms with Crippen LogP contribution in [0.25, 0.3) is 10.2 Å². The van der Waals surface area contributed by atoms with E-state index in [0.29, 0.717) is 24.0 Å². The Bertz CT molecular complexity index is 906. The number of carbonyl (C=O) groups excluding carboxylic acids is 1. The second kappa shape index (κ2) is 5.81. The van der Waals surface area contributed by atoms with Gasteiger partial charge in [-0.15, -0.1) is 11.3 Å². The van der Waals surface area contributed by atoms with E-state index in [4.69, 9.17) is 23.2 Å². The van der Waals surface area contributed by atoms with Crippen molar-refractivity contribution in [1.82, 2.24) is 4.98 Å². The number of hydrogen-bond donors (Lipinski definition) is 1. The fraction of sp³-hybridized carbons (Fsp3) is 0. The summed E-state index contributed by atoms with van der Waals surface area (Å²) in [4.78, 5) is 26.6. The van der Waals surface area contributed by atoms with Crippen molar-refractivity contribution in [1.29, 1.82) is 0 Å². The van der Waals surface area contributed by atoms with Crippen molar-refractivity contribution in [3.8, 4) is 0 Å². The highest BCUT2D eigenvalue weighted by Gasteiger charge is 2.17. The summed E-state index contributed by atoms with van der Waals surface area (Å²) in [7, 11) is 0. The molecular weight excluding hydrogens is 369 g/mol. The summed E-state index contributed by atoms with van der Waals surface area (Å²) in [6.07, 6.45) is 0. The first-order chi connectivity index (χ1) is 10.4. The maximum Gasteiger partial charge on any atom is 0.270 e. The lowest BCUT2D eigenvalue weighted by molar-refractivity contribution is -0.384. The van der Waals surface area contributed by atoms with Crippen LogP contribution >= 0.6 is 45.9 Å². The Morgan fingerprint density at radius 1 is 1.27 bits per heavy atom. The number of hydrogen-bond acceptors (Lipinski definition) is 6. The molecule has 1 aromatic carbocycles. The van der Waals surface area contributed by atoms with E-state index in [1.165, 1.54) is 24.3 Å². The Kier molecular flexibility index (Phi) is 4.00. The van der Waals surface area contributed by atoms with Crippen molar-refractivity contribution in [2.75, 3.05) is 5.32 Å². The molecule has 3 rings (SSSR count). The molecule has 0 aliphatic heterocycles. The predicted molar refractivity (Wildman–Crippen MR) is 88.6 cm³/mol. The van der Waals surface area contributed by atoms with Crippen LogP contribution in [0.1, 0.15) is 10.4 Å². The SMILES string of the molecule is O=C(Nc1nc2ccc([N+](=O)[O-])cc2s1)c1cc(Cl)sc1Cl. The van der Waals surface area contributed by atoms with Crippen LogP contribution in [0.3, 0.4) is 0 Å². The van der Waals surface area contributed by atoms with Crippen molar-refractivity contribution < 1.29 is 9.72 Å². The first-order valence-corrected chi connectivity index (χ1v) is 8.14. The number of fused-ring (bicyclic) bond motifs is 1. The van der Waals surface area contributed by atoms with Crippen molar-refractivity contribution in [3.05, 3.63) is 48.6 Å². The number of nitrogens with one attached hydrogen (secondary N) is 1. The number of carbonyl (C=O) groups is 1. The zero-order valence-corrected chi connectivity index (χ0v) is 13.6. The van der Waals surface area contributed by atoms with E-state index in [-0.39, 0.29) is 11.3 Å². The van der Waals surface area contributed by atoms with E-state index in [2.05, 4.69) is 10.3 Å². The Balaban J connectivity index is 1.89. The molecule has 3 aromatic rings. The summed E-state index contributed by atoms with van der Waals surface area (Å²) in [6, 6.07) is 5.79. The van der Waals surface area contributed by atoms with Crippen LogP contribution < -0.4 is 5.32 Å². The molecule has 22 heavy (non-hydrogen) atoms. The predicted octanol–water partition coefficient (Wildman–Crippen LogP) is 4.83. The summed E-state index contributed by atoms with van der Waals surface area (Å²) in [5, 5.41) is 13.7. The van der Waals surface area contributed by atoms with Gasteiger partial charge < -0.3 is 0 Å². The molecule has 0 radical (unpaired) electrons. The molecule has 0 saturated heterocycles. The second-order valence-corrected chi connectivity index (χ2v) is 7.44. The molecule has 2 aromatic heterocycles. The van der Waals surface area contributed by atoms with Crippen LogP contribution in [0.4, 0.5) is 10.8 Å². The van der Waals surface area contributed by atoms with Gasteiger partial charge in [-0.1, -0.05) is 34.5 Å². The number of nitro groups is 1. The highest BCUT2D eigenvalue weighted by molar-refractivity contribution is 7.22. The van der Waals surface area contributed by atoms with E-state index in [0.717, 1.165) is 22.7 Å². The maximum atomic E-state index is 12.1. The van der Waals surface area contributed by atoms with E-state index < -0.39 is 10.8 Å². The van der Waals surface area contributed by atoms with Crippen molar-refractivity contribution in [2.45, 2.75) is 0 Å². The van der Waals surface area contributed by atoms with E-state index >= 15 is 0 Å². The van der Waals surface area contributed by atoms with Crippen LogP contribution in [0.2, 0.25) is 8.67 Å². The fourth-order valence-electron chi connectivity index (χ4n) is 1.74. The lowest BCUT2D eigenvalue weighted by Gasteiger charge is -1.98. The summed E-state index contributed by atoms with van der Waals surface area (Å²) >= 11 is 14.0. The number of nitrogens with zero attached hydrogens (tertiary/aromatic N) is 2. The van der Waals surface area contributed by atoms with E-state index in [9.17, 15) is 14.9 Å². The van der Waals surface area contributed by atoms with Gasteiger partial charge in [0.25, 0.3) is 11.6 Å². The minimum atomic E-state index is -0.482. The summed E-state index contributed by atoms with van der Waals surface area (Å²) in [5.41, 5.74) is 0.809. The largest absolute Gasteiger partial charge is 0.298 e. The lowest BCUT2D eigenvalue weighted by atomic mass is 10.3. The number of thiazole rings is 1. The molecule has 1 amide bonds. The summed E-state index contributed by atoms with van der Waals surface area (Å²) in [6.45, 7) is 0. The van der Waals surface area contributed by atoms with Gasteiger partial charge in [0.15, 0.2) is 5.13 Å². The molecule has 0 aliphatic rings. The topological polar surface area (TPSA) is 85.1 Å². The van der Waals surface area contributed by atoms with Crippen molar-refractivity contribution >= 4 is 72.8 Å². The molecule has 6 nitrogen and oxygen atoms in total. The van der Waals surface area contributed by atoms with E-state index in [1.54, 1.807) is 0 Å². The lowest BCUT2D eigenvalue weighted by Crippen LogP contribution is -2.10. The zero-order valence-electron chi connectivity index (χ0n) is 10.5. The third kappa shape index (κ3) is 2.91. The van der Waals surface area contributed by atoms with Gasteiger partial charge in [0.05, 0.1) is 25.0 Å². The Labute approximate surface area is 141 Å². The molecule has 0 unspecified atom stereocenters. The number of amides is 1. The molecule has 0 aliphatic carbocycles. The van der Waals surface area contributed by atoms with Gasteiger partial charge in [0.1, 0.15) is 4.34 Å². The van der Waals surface area contributed by atoms with Crippen LogP contribution in [0, 0.1) is 10.1 Å². The fourth-order valence-corrected chi connectivity index (χ4v) is 4.09. The molecule has 1 N–H and O–H groups in total. The van der Waals surface area contributed by atoms with Gasteiger partial charge in [0, 0.05) is 12.1 Å². The third-order valence-corrected chi connectivity index (χ3v) is 5.13. The number of benzene rings is 1. The summed E-state index contributed by atoms with van der Waals surface area (Å²) in [5.74, 6) is -0.429. The first kappa shape index (κ1) is 15.2. The van der Waals surface area contributed by atoms with Gasteiger partial charge in [-0.25, -0.2) is 4.98 Å². The average molecular weight is 374 g/mol. The standard InChI is InChI=1S/C12H5Cl2N3O3S2/c13-9-4-6(10(14)22-9)11(18)16-12-15-7-2-1-5(17(19)20)3-8(7)21-12/h1-4H,(H,15,16,18). The summed E-state index contributed by atoms with van der Waals surface area (Å²) < 4.78 is 1.31. The molecule has 0 saturated carbocycles. The minimum Gasteiger partial charge on any atom is -0.298 e. The molecule has 112 valence electrons. The first-order valence-electron chi connectivity index (χ1n) is 5.75. The zero-order chi connectivity index (χ0) is 15.9. The quantitative estimate of drug-likeness (QED) is 0.526. The van der Waals surface area contributed by atoms with Gasteiger partial charge in [-0.2, -0.15) is 0 Å². The smallest absolute Gasteiger partial charge is 0.270 e. The number of thiophene rings is 1. The number of non-ortho nitro benzene ring substituents is 1. The third-order valence-electron chi connectivity index (χ3n) is 2.70. The number of rotatable bonds is 3. The monoisotopic (exact) mass is 373 g/mol. The molecule has 0 spiro atoms. The number of halogens is 2. The molecule has 0 bridgehead atoms. The van der Waals surface area contributed by atoms with Crippen LogP contribution in [0.15, 0.2) is 24.3 Å². The Morgan fingerprint density at radius 2 is 2.05 bits per heavy atom. The van der Waals surface area contributed by atoms with Crippen molar-refractivity contribution in [2.24, 2.45) is 0 Å². The number of nitro benzene ring substituents is 1. The molecule has 0 atom stereocenters. The number of aromatic nitrogens is 1. The highest BCUT2D eigenvalue weighted by atomic mass is 35.5. The van der Waals surface area contributed by atoms with Crippen LogP contribution in [-0.2, 0) is 0 Å². The van der Waals surface area contributed by atoms with Gasteiger partial charge in [0.2, 0.25) is 0 Å². The highest BCUT2D eigenvalue weighted by Crippen LogP contribution is 2.33.